The van der Waals surface area contributed by atoms with Gasteiger partial charge in [0.25, 0.3) is 0 Å². The summed E-state index contributed by atoms with van der Waals surface area (Å²) in [7, 11) is 0. The first kappa shape index (κ1) is 13.6. The van der Waals surface area contributed by atoms with Crippen molar-refractivity contribution in [1.82, 2.24) is 10.3 Å². The van der Waals surface area contributed by atoms with Gasteiger partial charge in [0, 0.05) is 18.4 Å². The molecule has 0 aliphatic carbocycles. The van der Waals surface area contributed by atoms with Crippen LogP contribution in [0, 0.1) is 0 Å². The van der Waals surface area contributed by atoms with E-state index in [4.69, 9.17) is 4.74 Å². The van der Waals surface area contributed by atoms with Crippen molar-refractivity contribution in [3.63, 3.8) is 0 Å². The van der Waals surface area contributed by atoms with Crippen LogP contribution >= 0.6 is 0 Å². The van der Waals surface area contributed by atoms with E-state index in [2.05, 4.69) is 10.3 Å². The van der Waals surface area contributed by atoms with Gasteiger partial charge in [0.2, 0.25) is 0 Å². The molecule has 1 unspecified atom stereocenters. The van der Waals surface area contributed by atoms with Crippen LogP contribution in [-0.2, 0) is 16.0 Å². The summed E-state index contributed by atoms with van der Waals surface area (Å²) in [5, 5.41) is 3.21. The van der Waals surface area contributed by atoms with Crippen molar-refractivity contribution < 1.29 is 9.53 Å². The summed E-state index contributed by atoms with van der Waals surface area (Å²) in [6.07, 6.45) is 4.10. The lowest BCUT2D eigenvalue weighted by Crippen LogP contribution is -2.43. The Morgan fingerprint density at radius 2 is 2.29 bits per heavy atom. The highest BCUT2D eigenvalue weighted by molar-refractivity contribution is 5.76. The number of carbonyl (C=O) groups excluding carboxylic acids is 1. The molecule has 0 aromatic carbocycles. The topological polar surface area (TPSA) is 51.2 Å². The first-order valence-electron chi connectivity index (χ1n) is 5.95. The molecule has 0 amide bonds. The van der Waals surface area contributed by atoms with Gasteiger partial charge < -0.3 is 10.1 Å². The third-order valence-corrected chi connectivity index (χ3v) is 2.27. The molecule has 1 heterocycles. The van der Waals surface area contributed by atoms with Crippen molar-refractivity contribution in [1.29, 1.82) is 0 Å². The molecule has 0 bridgehead atoms. The third kappa shape index (κ3) is 4.95. The highest BCUT2D eigenvalue weighted by atomic mass is 16.5. The standard InChI is InChI=1S/C13H20N2O2/c1-4-17-13(16)12(15-10(2)3)8-11-6-5-7-14-9-11/h5-7,9-10,12,15H,4,8H2,1-3H3. The van der Waals surface area contributed by atoms with Crippen LogP contribution in [0.1, 0.15) is 26.3 Å². The largest absolute Gasteiger partial charge is 0.465 e. The van der Waals surface area contributed by atoms with E-state index in [1.165, 1.54) is 0 Å². The van der Waals surface area contributed by atoms with Crippen molar-refractivity contribution in [2.45, 2.75) is 39.3 Å². The molecular formula is C13H20N2O2. The molecule has 94 valence electrons. The normalized spacial score (nSPS) is 12.5. The zero-order valence-electron chi connectivity index (χ0n) is 10.6. The minimum absolute atomic E-state index is 0.204. The number of ether oxygens (including phenoxy) is 1. The third-order valence-electron chi connectivity index (χ3n) is 2.27. The Hall–Kier alpha value is -1.42. The maximum Gasteiger partial charge on any atom is 0.323 e. The monoisotopic (exact) mass is 236 g/mol. The van der Waals surface area contributed by atoms with E-state index in [-0.39, 0.29) is 18.1 Å². The van der Waals surface area contributed by atoms with Crippen LogP contribution in [0.2, 0.25) is 0 Å². The molecule has 0 saturated carbocycles. The second-order valence-corrected chi connectivity index (χ2v) is 4.19. The minimum Gasteiger partial charge on any atom is -0.465 e. The molecule has 1 rings (SSSR count). The number of hydrogen-bond acceptors (Lipinski definition) is 4. The van der Waals surface area contributed by atoms with Gasteiger partial charge in [0.15, 0.2) is 0 Å². The van der Waals surface area contributed by atoms with Crippen LogP contribution in [0.15, 0.2) is 24.5 Å². The van der Waals surface area contributed by atoms with Gasteiger partial charge in [-0.25, -0.2) is 0 Å². The summed E-state index contributed by atoms with van der Waals surface area (Å²) >= 11 is 0. The summed E-state index contributed by atoms with van der Waals surface area (Å²) in [6.45, 7) is 6.24. The van der Waals surface area contributed by atoms with E-state index in [9.17, 15) is 4.79 Å². The average Bonchev–Trinajstić information content (AvgIpc) is 2.29. The zero-order chi connectivity index (χ0) is 12.7. The number of hydrogen-bond donors (Lipinski definition) is 1. The molecule has 4 nitrogen and oxygen atoms in total. The number of carbonyl (C=O) groups is 1. The van der Waals surface area contributed by atoms with Gasteiger partial charge in [0.1, 0.15) is 6.04 Å². The molecule has 0 radical (unpaired) electrons. The Morgan fingerprint density at radius 3 is 2.82 bits per heavy atom. The van der Waals surface area contributed by atoms with E-state index in [0.29, 0.717) is 13.0 Å². The Kier molecular flexibility index (Phi) is 5.63. The lowest BCUT2D eigenvalue weighted by molar-refractivity contribution is -0.145. The predicted octanol–water partition coefficient (Wildman–Crippen LogP) is 1.55. The second kappa shape index (κ2) is 7.01. The lowest BCUT2D eigenvalue weighted by atomic mass is 10.1. The van der Waals surface area contributed by atoms with E-state index < -0.39 is 0 Å². The summed E-state index contributed by atoms with van der Waals surface area (Å²) in [4.78, 5) is 15.8. The highest BCUT2D eigenvalue weighted by Crippen LogP contribution is 2.04. The fraction of sp³-hybridized carbons (Fsp3) is 0.538. The van der Waals surface area contributed by atoms with E-state index >= 15 is 0 Å². The first-order chi connectivity index (χ1) is 8.13. The average molecular weight is 236 g/mol. The van der Waals surface area contributed by atoms with Crippen molar-refractivity contribution in [2.75, 3.05) is 6.61 Å². The number of nitrogens with one attached hydrogen (secondary N) is 1. The predicted molar refractivity (Wildman–Crippen MR) is 66.6 cm³/mol. The maximum absolute atomic E-state index is 11.8. The number of aromatic nitrogens is 1. The van der Waals surface area contributed by atoms with Gasteiger partial charge >= 0.3 is 5.97 Å². The highest BCUT2D eigenvalue weighted by Gasteiger charge is 2.20. The molecule has 0 spiro atoms. The second-order valence-electron chi connectivity index (χ2n) is 4.19. The SMILES string of the molecule is CCOC(=O)C(Cc1cccnc1)NC(C)C. The van der Waals surface area contributed by atoms with Gasteiger partial charge in [-0.1, -0.05) is 19.9 Å². The van der Waals surface area contributed by atoms with Crippen molar-refractivity contribution in [3.8, 4) is 0 Å². The fourth-order valence-electron chi connectivity index (χ4n) is 1.61. The molecule has 0 aliphatic heterocycles. The van der Waals surface area contributed by atoms with Gasteiger partial charge in [-0.3, -0.25) is 9.78 Å². The minimum atomic E-state index is -0.306. The van der Waals surface area contributed by atoms with Crippen LogP contribution in [0.25, 0.3) is 0 Å². The van der Waals surface area contributed by atoms with Crippen molar-refractivity contribution >= 4 is 5.97 Å². The summed E-state index contributed by atoms with van der Waals surface area (Å²) in [5.74, 6) is -0.204. The smallest absolute Gasteiger partial charge is 0.323 e. The molecular weight excluding hydrogens is 216 g/mol. The Morgan fingerprint density at radius 1 is 1.53 bits per heavy atom. The molecule has 1 atom stereocenters. The zero-order valence-corrected chi connectivity index (χ0v) is 10.6. The Balaban J connectivity index is 2.66. The van der Waals surface area contributed by atoms with Crippen LogP contribution in [0.4, 0.5) is 0 Å². The van der Waals surface area contributed by atoms with Crippen molar-refractivity contribution in [2.24, 2.45) is 0 Å². The molecule has 0 saturated heterocycles. The molecule has 4 heteroatoms. The van der Waals surface area contributed by atoms with Crippen LogP contribution in [0.5, 0.6) is 0 Å². The van der Waals surface area contributed by atoms with Gasteiger partial charge in [0.05, 0.1) is 6.61 Å². The van der Waals surface area contributed by atoms with Crippen LogP contribution in [0.3, 0.4) is 0 Å². The van der Waals surface area contributed by atoms with Gasteiger partial charge in [-0.15, -0.1) is 0 Å². The number of pyridine rings is 1. The summed E-state index contributed by atoms with van der Waals surface area (Å²) in [6, 6.07) is 3.76. The molecule has 0 fully saturated rings. The van der Waals surface area contributed by atoms with Crippen molar-refractivity contribution in [3.05, 3.63) is 30.1 Å². The van der Waals surface area contributed by atoms with E-state index in [1.807, 2.05) is 32.9 Å². The Labute approximate surface area is 102 Å². The lowest BCUT2D eigenvalue weighted by Gasteiger charge is -2.19. The summed E-state index contributed by atoms with van der Waals surface area (Å²) < 4.78 is 5.06. The van der Waals surface area contributed by atoms with E-state index in [1.54, 1.807) is 12.4 Å². The van der Waals surface area contributed by atoms with Crippen LogP contribution in [-0.4, -0.2) is 29.6 Å². The molecule has 1 N–H and O–H groups in total. The quantitative estimate of drug-likeness (QED) is 0.761. The molecule has 1 aromatic heterocycles. The number of esters is 1. The number of rotatable bonds is 6. The van der Waals surface area contributed by atoms with E-state index in [0.717, 1.165) is 5.56 Å². The molecule has 0 aliphatic rings. The molecule has 1 aromatic rings. The van der Waals surface area contributed by atoms with Crippen LogP contribution < -0.4 is 5.32 Å². The number of nitrogens with zero attached hydrogens (tertiary/aromatic N) is 1. The first-order valence-corrected chi connectivity index (χ1v) is 5.95. The Bertz CT molecular complexity index is 339. The fourth-order valence-corrected chi connectivity index (χ4v) is 1.61. The van der Waals surface area contributed by atoms with Gasteiger partial charge in [-0.05, 0) is 25.0 Å². The summed E-state index contributed by atoms with van der Waals surface area (Å²) in [5.41, 5.74) is 1.03. The maximum atomic E-state index is 11.8. The van der Waals surface area contributed by atoms with Gasteiger partial charge in [-0.2, -0.15) is 0 Å². The molecule has 17 heavy (non-hydrogen) atoms.